The highest BCUT2D eigenvalue weighted by Gasteiger charge is 2.28. The predicted octanol–water partition coefficient (Wildman–Crippen LogP) is 7.49. The fourth-order valence-electron chi connectivity index (χ4n) is 4.69. The molecule has 0 unspecified atom stereocenters. The summed E-state index contributed by atoms with van der Waals surface area (Å²) in [5.74, 6) is -0.228. The van der Waals surface area contributed by atoms with Crippen molar-refractivity contribution in [3.05, 3.63) is 63.5 Å². The molecule has 9 nitrogen and oxygen atoms in total. The standard InChI is InChI=1S/C31H37Cl2N5O4S2/c1-20(39)38(24-11-14-37(15-12-24)18-21-8-9-25(32)26(33)16-21)44-30-36-27(19-43-30)22-6-5-7-23(17-22)35-28(40)10-13-34-29(41)42-31(2,3)4/h5-9,16-17,19,24H,10-15,18H2,1-4H3,(H,34,41)(H,35,40). The van der Waals surface area contributed by atoms with Crippen LogP contribution in [0.1, 0.15) is 52.5 Å². The van der Waals surface area contributed by atoms with E-state index in [9.17, 15) is 14.4 Å². The van der Waals surface area contributed by atoms with Gasteiger partial charge in [0.25, 0.3) is 0 Å². The molecule has 0 saturated carbocycles. The summed E-state index contributed by atoms with van der Waals surface area (Å²) >= 11 is 15.1. The van der Waals surface area contributed by atoms with E-state index in [1.165, 1.54) is 23.3 Å². The van der Waals surface area contributed by atoms with E-state index in [4.69, 9.17) is 32.9 Å². The number of nitrogens with zero attached hydrogens (tertiary/aromatic N) is 3. The van der Waals surface area contributed by atoms with E-state index in [0.29, 0.717) is 15.7 Å². The van der Waals surface area contributed by atoms with Gasteiger partial charge in [0.15, 0.2) is 4.34 Å². The molecule has 1 aliphatic rings. The zero-order valence-electron chi connectivity index (χ0n) is 25.2. The average Bonchev–Trinajstić information content (AvgIpc) is 3.42. The van der Waals surface area contributed by atoms with Crippen molar-refractivity contribution >= 4 is 70.1 Å². The topological polar surface area (TPSA) is 104 Å². The number of benzene rings is 2. The maximum Gasteiger partial charge on any atom is 0.407 e. The van der Waals surface area contributed by atoms with E-state index < -0.39 is 11.7 Å². The Kier molecular flexibility index (Phi) is 12.0. The fraction of sp³-hybridized carbons (Fsp3) is 0.419. The molecule has 2 aromatic carbocycles. The van der Waals surface area contributed by atoms with Gasteiger partial charge in [-0.2, -0.15) is 0 Å². The summed E-state index contributed by atoms with van der Waals surface area (Å²) in [5, 5.41) is 8.51. The van der Waals surface area contributed by atoms with Gasteiger partial charge in [-0.25, -0.2) is 9.78 Å². The zero-order valence-corrected chi connectivity index (χ0v) is 28.3. The minimum absolute atomic E-state index is 0.000510. The highest BCUT2D eigenvalue weighted by molar-refractivity contribution is 7.99. The second kappa shape index (κ2) is 15.4. The van der Waals surface area contributed by atoms with E-state index in [1.54, 1.807) is 33.8 Å². The zero-order chi connectivity index (χ0) is 31.9. The van der Waals surface area contributed by atoms with Gasteiger partial charge in [0.2, 0.25) is 11.8 Å². The Labute approximate surface area is 276 Å². The molecule has 1 aromatic heterocycles. The molecule has 2 heterocycles. The third-order valence-electron chi connectivity index (χ3n) is 6.71. The lowest BCUT2D eigenvalue weighted by Crippen LogP contribution is -2.43. The first-order chi connectivity index (χ1) is 20.9. The number of likely N-dealkylation sites (tertiary alicyclic amines) is 1. The van der Waals surface area contributed by atoms with Crippen molar-refractivity contribution < 1.29 is 19.1 Å². The van der Waals surface area contributed by atoms with E-state index in [0.717, 1.165) is 53.6 Å². The Morgan fingerprint density at radius 3 is 2.55 bits per heavy atom. The van der Waals surface area contributed by atoms with Gasteiger partial charge >= 0.3 is 6.09 Å². The molecule has 3 aromatic rings. The van der Waals surface area contributed by atoms with Crippen molar-refractivity contribution in [3.8, 4) is 11.3 Å². The van der Waals surface area contributed by atoms with Crippen LogP contribution >= 0.6 is 46.5 Å². The predicted molar refractivity (Wildman–Crippen MR) is 178 cm³/mol. The van der Waals surface area contributed by atoms with Crippen LogP contribution in [-0.4, -0.2) is 63.4 Å². The quantitative estimate of drug-likeness (QED) is 0.214. The van der Waals surface area contributed by atoms with Gasteiger partial charge in [-0.3, -0.25) is 18.8 Å². The normalized spacial score (nSPS) is 14.2. The Bertz CT molecular complexity index is 1470. The molecule has 0 aliphatic carbocycles. The third kappa shape index (κ3) is 10.4. The Morgan fingerprint density at radius 2 is 1.86 bits per heavy atom. The van der Waals surface area contributed by atoms with Crippen LogP contribution in [-0.2, 0) is 20.9 Å². The first kappa shape index (κ1) is 34.1. The number of amides is 3. The summed E-state index contributed by atoms with van der Waals surface area (Å²) in [6, 6.07) is 13.3. The van der Waals surface area contributed by atoms with Crippen LogP contribution in [0, 0.1) is 0 Å². The summed E-state index contributed by atoms with van der Waals surface area (Å²) in [6.45, 7) is 9.62. The summed E-state index contributed by atoms with van der Waals surface area (Å²) in [7, 11) is 0. The van der Waals surface area contributed by atoms with Crippen LogP contribution in [0.5, 0.6) is 0 Å². The maximum absolute atomic E-state index is 12.7. The molecule has 13 heteroatoms. The van der Waals surface area contributed by atoms with Crippen LogP contribution in [0.2, 0.25) is 10.0 Å². The second-order valence-electron chi connectivity index (χ2n) is 11.5. The molecule has 0 bridgehead atoms. The number of nitrogens with one attached hydrogen (secondary N) is 2. The molecule has 44 heavy (non-hydrogen) atoms. The van der Waals surface area contributed by atoms with Gasteiger partial charge in [0, 0.05) is 74.1 Å². The van der Waals surface area contributed by atoms with Crippen LogP contribution in [0.3, 0.4) is 0 Å². The maximum atomic E-state index is 12.7. The van der Waals surface area contributed by atoms with Gasteiger partial charge in [0.05, 0.1) is 15.7 Å². The van der Waals surface area contributed by atoms with E-state index in [2.05, 4.69) is 15.5 Å². The van der Waals surface area contributed by atoms with Crippen LogP contribution < -0.4 is 10.6 Å². The SMILES string of the molecule is CC(=O)N(Sc1nc(-c2cccc(NC(=O)CCNC(=O)OC(C)(C)C)c2)cs1)C1CCN(Cc2ccc(Cl)c(Cl)c2)CC1. The van der Waals surface area contributed by atoms with Gasteiger partial charge in [-0.1, -0.05) is 41.4 Å². The molecule has 2 N–H and O–H groups in total. The summed E-state index contributed by atoms with van der Waals surface area (Å²) in [5.41, 5.74) is 2.76. The van der Waals surface area contributed by atoms with E-state index in [-0.39, 0.29) is 30.8 Å². The third-order valence-corrected chi connectivity index (χ3v) is 9.60. The van der Waals surface area contributed by atoms with Gasteiger partial charge in [0.1, 0.15) is 5.60 Å². The minimum Gasteiger partial charge on any atom is -0.444 e. The number of hydrogen-bond donors (Lipinski definition) is 2. The largest absolute Gasteiger partial charge is 0.444 e. The molecule has 0 atom stereocenters. The van der Waals surface area contributed by atoms with Gasteiger partial charge in [-0.05, 0) is 63.4 Å². The number of rotatable bonds is 10. The highest BCUT2D eigenvalue weighted by atomic mass is 35.5. The van der Waals surface area contributed by atoms with E-state index in [1.807, 2.05) is 46.1 Å². The van der Waals surface area contributed by atoms with E-state index >= 15 is 0 Å². The summed E-state index contributed by atoms with van der Waals surface area (Å²) in [4.78, 5) is 44.0. The number of alkyl carbamates (subject to hydrolysis) is 1. The Hall–Kier alpha value is -2.83. The Morgan fingerprint density at radius 1 is 1.11 bits per heavy atom. The van der Waals surface area contributed by atoms with Crippen molar-refractivity contribution in [2.45, 2.75) is 69.5 Å². The highest BCUT2D eigenvalue weighted by Crippen LogP contribution is 2.35. The molecule has 1 aliphatic heterocycles. The number of carbonyl (C=O) groups is 3. The molecule has 236 valence electrons. The molecule has 1 fully saturated rings. The van der Waals surface area contributed by atoms with Gasteiger partial charge in [-0.15, -0.1) is 11.3 Å². The second-order valence-corrected chi connectivity index (χ2v) is 14.4. The fourth-order valence-corrected chi connectivity index (χ4v) is 6.92. The van der Waals surface area contributed by atoms with Crippen LogP contribution in [0.25, 0.3) is 11.3 Å². The number of thiazole rings is 1. The summed E-state index contributed by atoms with van der Waals surface area (Å²) < 4.78 is 7.81. The molecule has 1 saturated heterocycles. The lowest BCUT2D eigenvalue weighted by atomic mass is 10.0. The molecule has 4 rings (SSSR count). The molecular weight excluding hydrogens is 641 g/mol. The number of piperidine rings is 1. The number of aromatic nitrogens is 1. The summed E-state index contributed by atoms with van der Waals surface area (Å²) in [6.07, 6.45) is 1.27. The first-order valence-corrected chi connectivity index (χ1v) is 16.7. The lowest BCUT2D eigenvalue weighted by Gasteiger charge is -2.37. The molecular formula is C31H37Cl2N5O4S2. The molecule has 0 spiro atoms. The monoisotopic (exact) mass is 677 g/mol. The number of anilines is 1. The van der Waals surface area contributed by atoms with Crippen molar-refractivity contribution in [2.75, 3.05) is 25.0 Å². The smallest absolute Gasteiger partial charge is 0.407 e. The minimum atomic E-state index is -0.599. The average molecular weight is 679 g/mol. The van der Waals surface area contributed by atoms with Crippen LogP contribution in [0.15, 0.2) is 52.2 Å². The van der Waals surface area contributed by atoms with Gasteiger partial charge < -0.3 is 15.4 Å². The van der Waals surface area contributed by atoms with Crippen molar-refractivity contribution in [3.63, 3.8) is 0 Å². The number of ether oxygens (including phenoxy) is 1. The number of hydrogen-bond acceptors (Lipinski definition) is 8. The Balaban J connectivity index is 1.29. The number of halogens is 2. The van der Waals surface area contributed by atoms with Crippen LogP contribution in [0.4, 0.5) is 10.5 Å². The molecule has 3 amide bonds. The van der Waals surface area contributed by atoms with Crippen molar-refractivity contribution in [1.29, 1.82) is 0 Å². The van der Waals surface area contributed by atoms with Crippen molar-refractivity contribution in [2.24, 2.45) is 0 Å². The lowest BCUT2D eigenvalue weighted by molar-refractivity contribution is -0.125. The van der Waals surface area contributed by atoms with Crippen molar-refractivity contribution in [1.82, 2.24) is 19.5 Å². The first-order valence-electron chi connectivity index (χ1n) is 14.3. The molecule has 0 radical (unpaired) electrons. The number of carbonyl (C=O) groups excluding carboxylic acids is 3.